The van der Waals surface area contributed by atoms with E-state index in [2.05, 4.69) is 4.98 Å². The molecule has 0 aliphatic carbocycles. The van der Waals surface area contributed by atoms with Crippen molar-refractivity contribution < 1.29 is 27.4 Å². The Hall–Kier alpha value is -3.29. The monoisotopic (exact) mass is 474 g/mol. The number of nitrogens with zero attached hydrogens (tertiary/aromatic N) is 2. The molecule has 8 heteroatoms. The van der Waals surface area contributed by atoms with Crippen molar-refractivity contribution in [2.24, 2.45) is 0 Å². The molecule has 0 saturated heterocycles. The molecule has 182 valence electrons. The number of halogens is 3. The van der Waals surface area contributed by atoms with Crippen LogP contribution in [0.5, 0.6) is 5.75 Å². The fourth-order valence-electron chi connectivity index (χ4n) is 3.61. The van der Waals surface area contributed by atoms with Crippen LogP contribution in [-0.2, 0) is 22.3 Å². The fourth-order valence-corrected chi connectivity index (χ4v) is 3.61. The molecule has 0 spiro atoms. The zero-order chi connectivity index (χ0) is 24.6. The highest BCUT2D eigenvalue weighted by Gasteiger charge is 2.30. The Bertz CT molecular complexity index is 1080. The predicted octanol–water partition coefficient (Wildman–Crippen LogP) is 6.43. The van der Waals surface area contributed by atoms with E-state index in [0.717, 1.165) is 48.4 Å². The van der Waals surface area contributed by atoms with Crippen molar-refractivity contribution >= 4 is 5.97 Å². The van der Waals surface area contributed by atoms with Gasteiger partial charge in [-0.2, -0.15) is 13.2 Å². The van der Waals surface area contributed by atoms with Gasteiger partial charge in [0, 0.05) is 29.4 Å². The van der Waals surface area contributed by atoms with Crippen LogP contribution in [0.2, 0.25) is 0 Å². The summed E-state index contributed by atoms with van der Waals surface area (Å²) < 4.78 is 51.7. The fraction of sp³-hybridized carbons (Fsp3) is 0.385. The van der Waals surface area contributed by atoms with Crippen molar-refractivity contribution in [3.05, 3.63) is 71.5 Å². The van der Waals surface area contributed by atoms with Crippen molar-refractivity contribution in [1.82, 2.24) is 9.55 Å². The zero-order valence-electron chi connectivity index (χ0n) is 19.4. The Kier molecular flexibility index (Phi) is 8.73. The lowest BCUT2D eigenvalue weighted by Crippen LogP contribution is -2.08. The molecule has 0 atom stereocenters. The van der Waals surface area contributed by atoms with E-state index in [1.165, 1.54) is 12.1 Å². The highest BCUT2D eigenvalue weighted by Crippen LogP contribution is 2.31. The molecular weight excluding hydrogens is 445 g/mol. The van der Waals surface area contributed by atoms with Gasteiger partial charge in [0.1, 0.15) is 11.6 Å². The maximum Gasteiger partial charge on any atom is 0.416 e. The molecule has 0 amide bonds. The molecule has 0 saturated carbocycles. The quantitative estimate of drug-likeness (QED) is 0.237. The summed E-state index contributed by atoms with van der Waals surface area (Å²) >= 11 is 0. The highest BCUT2D eigenvalue weighted by atomic mass is 19.4. The Morgan fingerprint density at radius 2 is 1.76 bits per heavy atom. The Labute approximate surface area is 197 Å². The summed E-state index contributed by atoms with van der Waals surface area (Å²) in [5, 5.41) is 0. The summed E-state index contributed by atoms with van der Waals surface area (Å²) in [5.74, 6) is 1.17. The van der Waals surface area contributed by atoms with Gasteiger partial charge < -0.3 is 14.0 Å². The highest BCUT2D eigenvalue weighted by molar-refractivity contribution is 5.69. The molecule has 5 nitrogen and oxygen atoms in total. The first-order valence-corrected chi connectivity index (χ1v) is 11.4. The second kappa shape index (κ2) is 11.7. The SMILES string of the molecule is CCOC(=O)CCCCCOc1ccccc1Cn1c(C)cnc1-c1ccc(C(F)(F)F)cc1. The molecule has 3 rings (SSSR count). The summed E-state index contributed by atoms with van der Waals surface area (Å²) in [6, 6.07) is 12.7. The van der Waals surface area contributed by atoms with Crippen LogP contribution in [0.1, 0.15) is 49.4 Å². The van der Waals surface area contributed by atoms with Gasteiger partial charge in [-0.3, -0.25) is 4.79 Å². The normalized spacial score (nSPS) is 11.4. The number of hydrogen-bond acceptors (Lipinski definition) is 4. The summed E-state index contributed by atoms with van der Waals surface area (Å²) in [6.45, 7) is 5.10. The largest absolute Gasteiger partial charge is 0.493 e. The van der Waals surface area contributed by atoms with Crippen LogP contribution in [0.4, 0.5) is 13.2 Å². The first-order valence-electron chi connectivity index (χ1n) is 11.4. The van der Waals surface area contributed by atoms with Gasteiger partial charge in [0.05, 0.1) is 25.3 Å². The molecule has 34 heavy (non-hydrogen) atoms. The number of unbranched alkanes of at least 4 members (excludes halogenated alkanes) is 2. The van der Waals surface area contributed by atoms with Crippen molar-refractivity contribution in [3.8, 4) is 17.1 Å². The summed E-state index contributed by atoms with van der Waals surface area (Å²) in [6.07, 6.45) is 0.179. The number of carbonyl (C=O) groups excluding carboxylic acids is 1. The predicted molar refractivity (Wildman–Crippen MR) is 124 cm³/mol. The smallest absolute Gasteiger partial charge is 0.416 e. The summed E-state index contributed by atoms with van der Waals surface area (Å²) in [7, 11) is 0. The number of hydrogen-bond donors (Lipinski definition) is 0. The second-order valence-corrected chi connectivity index (χ2v) is 7.96. The van der Waals surface area contributed by atoms with Crippen LogP contribution in [0.15, 0.2) is 54.7 Å². The van der Waals surface area contributed by atoms with Crippen LogP contribution in [0, 0.1) is 6.92 Å². The maximum absolute atomic E-state index is 12.9. The van der Waals surface area contributed by atoms with E-state index in [9.17, 15) is 18.0 Å². The molecule has 0 aliphatic heterocycles. The number of aromatic nitrogens is 2. The lowest BCUT2D eigenvalue weighted by molar-refractivity contribution is -0.143. The Balaban J connectivity index is 1.65. The molecule has 0 unspecified atom stereocenters. The average molecular weight is 475 g/mol. The van der Waals surface area contributed by atoms with Gasteiger partial charge in [-0.15, -0.1) is 0 Å². The van der Waals surface area contributed by atoms with Gasteiger partial charge in [0.2, 0.25) is 0 Å². The molecule has 0 radical (unpaired) electrons. The van der Waals surface area contributed by atoms with Crippen LogP contribution in [0.25, 0.3) is 11.4 Å². The minimum absolute atomic E-state index is 0.173. The maximum atomic E-state index is 12.9. The van der Waals surface area contributed by atoms with E-state index in [-0.39, 0.29) is 5.97 Å². The first-order chi connectivity index (χ1) is 16.3. The average Bonchev–Trinajstić information content (AvgIpc) is 3.17. The zero-order valence-corrected chi connectivity index (χ0v) is 19.4. The number of para-hydroxylation sites is 1. The molecule has 0 bridgehead atoms. The molecule has 0 aliphatic rings. The molecule has 1 aromatic heterocycles. The minimum atomic E-state index is -4.38. The third kappa shape index (κ3) is 6.85. The van der Waals surface area contributed by atoms with E-state index in [1.54, 1.807) is 13.1 Å². The molecule has 0 fully saturated rings. The number of esters is 1. The van der Waals surface area contributed by atoms with Crippen molar-refractivity contribution in [3.63, 3.8) is 0 Å². The second-order valence-electron chi connectivity index (χ2n) is 7.96. The Morgan fingerprint density at radius 3 is 2.47 bits per heavy atom. The van der Waals surface area contributed by atoms with Crippen LogP contribution in [0.3, 0.4) is 0 Å². The number of carbonyl (C=O) groups is 1. The van der Waals surface area contributed by atoms with Crippen LogP contribution in [-0.4, -0.2) is 28.7 Å². The van der Waals surface area contributed by atoms with Crippen molar-refractivity contribution in [2.45, 2.75) is 52.3 Å². The van der Waals surface area contributed by atoms with Gasteiger partial charge in [0.15, 0.2) is 0 Å². The summed E-state index contributed by atoms with van der Waals surface area (Å²) in [5.41, 5.74) is 1.76. The van der Waals surface area contributed by atoms with Crippen molar-refractivity contribution in [1.29, 1.82) is 0 Å². The van der Waals surface area contributed by atoms with Gasteiger partial charge in [-0.25, -0.2) is 4.98 Å². The van der Waals surface area contributed by atoms with E-state index >= 15 is 0 Å². The van der Waals surface area contributed by atoms with E-state index in [0.29, 0.717) is 37.6 Å². The molecule has 2 aromatic carbocycles. The lowest BCUT2D eigenvalue weighted by atomic mass is 10.1. The number of ether oxygens (including phenoxy) is 2. The number of alkyl halides is 3. The lowest BCUT2D eigenvalue weighted by Gasteiger charge is -2.15. The topological polar surface area (TPSA) is 53.4 Å². The number of aryl methyl sites for hydroxylation is 1. The molecule has 3 aromatic rings. The van der Waals surface area contributed by atoms with Crippen molar-refractivity contribution in [2.75, 3.05) is 13.2 Å². The van der Waals surface area contributed by atoms with E-state index in [1.807, 2.05) is 35.8 Å². The Morgan fingerprint density at radius 1 is 1.03 bits per heavy atom. The van der Waals surface area contributed by atoms with E-state index < -0.39 is 11.7 Å². The third-order valence-electron chi connectivity index (χ3n) is 5.41. The number of imidazole rings is 1. The summed E-state index contributed by atoms with van der Waals surface area (Å²) in [4.78, 5) is 15.8. The van der Waals surface area contributed by atoms with Gasteiger partial charge >= 0.3 is 12.1 Å². The molecule has 0 N–H and O–H groups in total. The molecule has 1 heterocycles. The number of benzene rings is 2. The van der Waals surface area contributed by atoms with Crippen LogP contribution < -0.4 is 4.74 Å². The van der Waals surface area contributed by atoms with Crippen LogP contribution >= 0.6 is 0 Å². The van der Waals surface area contributed by atoms with Gasteiger partial charge in [-0.05, 0) is 51.3 Å². The van der Waals surface area contributed by atoms with Gasteiger partial charge in [0.25, 0.3) is 0 Å². The minimum Gasteiger partial charge on any atom is -0.493 e. The number of rotatable bonds is 11. The third-order valence-corrected chi connectivity index (χ3v) is 5.41. The van der Waals surface area contributed by atoms with E-state index in [4.69, 9.17) is 9.47 Å². The standard InChI is InChI=1S/C26H29F3N2O3/c1-3-33-24(32)11-5-4-8-16-34-23-10-7-6-9-21(23)18-31-19(2)17-30-25(31)20-12-14-22(15-13-20)26(27,28)29/h6-7,9-10,12-15,17H,3-5,8,11,16,18H2,1-2H3. The molecular formula is C26H29F3N2O3. The first kappa shape index (κ1) is 25.3. The van der Waals surface area contributed by atoms with Gasteiger partial charge in [-0.1, -0.05) is 30.3 Å².